The standard InChI is InChI=1S/C37H48N2O8/c1-24-13-12-16-27-21-28(40)22-30(34(27)43)38-32(41)23-29(46-3)17-10-5-4-6-11-18-31(25(2)33(24)42)47-36(45)37(19-20-37)39-35(44)26-14-8-7-9-15-26/h4-6,10-11,13-14,17,21-22,25,29,31,33,40,42-43H,7-9,12,15-16,18-20,23H2,1-3H3,(H,38,41)(H,39,44)/b5-4-,11-6-,17-10-,24-13-/t25-,29-,31-,33-/m0/s1. The van der Waals surface area contributed by atoms with E-state index in [1.165, 1.54) is 19.2 Å². The molecule has 5 N–H and O–H groups in total. The molecule has 2 amide bonds. The van der Waals surface area contributed by atoms with Gasteiger partial charge in [-0.3, -0.25) is 9.59 Å². The summed E-state index contributed by atoms with van der Waals surface area (Å²) in [6.45, 7) is 3.62. The maximum absolute atomic E-state index is 13.5. The summed E-state index contributed by atoms with van der Waals surface area (Å²) < 4.78 is 11.5. The predicted molar refractivity (Wildman–Crippen MR) is 180 cm³/mol. The number of phenolic OH excluding ortho intramolecular Hbond substituents is 2. The fraction of sp³-hybridized carbons (Fsp3) is 0.486. The molecule has 0 spiro atoms. The lowest BCUT2D eigenvalue weighted by atomic mass is 9.90. The van der Waals surface area contributed by atoms with Crippen molar-refractivity contribution >= 4 is 23.5 Å². The number of carbonyl (C=O) groups excluding carboxylic acids is 3. The molecule has 0 unspecified atom stereocenters. The predicted octanol–water partition coefficient (Wildman–Crippen LogP) is 5.45. The number of anilines is 1. The summed E-state index contributed by atoms with van der Waals surface area (Å²) in [6, 6.07) is 2.73. The number of nitrogens with one attached hydrogen (secondary N) is 2. The number of allylic oxidation sites excluding steroid dienone is 6. The van der Waals surface area contributed by atoms with Crippen molar-refractivity contribution in [3.63, 3.8) is 0 Å². The molecule has 10 heteroatoms. The van der Waals surface area contributed by atoms with Crippen molar-refractivity contribution in [1.29, 1.82) is 0 Å². The Balaban J connectivity index is 1.55. The molecule has 1 aromatic carbocycles. The molecule has 4 rings (SSSR count). The Bertz CT molecular complexity index is 1450. The molecular formula is C37H48N2O8. The lowest BCUT2D eigenvalue weighted by Crippen LogP contribution is -2.47. The van der Waals surface area contributed by atoms with Gasteiger partial charge in [0.15, 0.2) is 0 Å². The number of hydrogen-bond donors (Lipinski definition) is 5. The van der Waals surface area contributed by atoms with Crippen molar-refractivity contribution in [3.05, 3.63) is 77.5 Å². The highest BCUT2D eigenvalue weighted by molar-refractivity contribution is 5.99. The largest absolute Gasteiger partial charge is 0.508 e. The van der Waals surface area contributed by atoms with Crippen LogP contribution in [0, 0.1) is 5.92 Å². The number of aliphatic hydroxyl groups is 1. The molecule has 1 aromatic rings. The van der Waals surface area contributed by atoms with Crippen molar-refractivity contribution in [1.82, 2.24) is 5.32 Å². The summed E-state index contributed by atoms with van der Waals surface area (Å²) in [6.07, 6.45) is 18.0. The van der Waals surface area contributed by atoms with Crippen molar-refractivity contribution in [2.45, 2.75) is 102 Å². The van der Waals surface area contributed by atoms with Gasteiger partial charge in [0.25, 0.3) is 0 Å². The van der Waals surface area contributed by atoms with Crippen LogP contribution in [0.25, 0.3) is 0 Å². The van der Waals surface area contributed by atoms with E-state index in [0.717, 1.165) is 24.8 Å². The summed E-state index contributed by atoms with van der Waals surface area (Å²) in [5.74, 6) is -1.83. The quantitative estimate of drug-likeness (QED) is 0.122. The Kier molecular flexibility index (Phi) is 12.6. The number of ether oxygens (including phenoxy) is 2. The molecule has 4 atom stereocenters. The number of aryl methyl sites for hydroxylation is 1. The van der Waals surface area contributed by atoms with Crippen LogP contribution >= 0.6 is 0 Å². The zero-order chi connectivity index (χ0) is 34.0. The maximum atomic E-state index is 13.5. The first kappa shape index (κ1) is 35.7. The fourth-order valence-corrected chi connectivity index (χ4v) is 5.85. The second-order valence-corrected chi connectivity index (χ2v) is 12.7. The van der Waals surface area contributed by atoms with Gasteiger partial charge in [0.1, 0.15) is 23.1 Å². The molecule has 0 aromatic heterocycles. The van der Waals surface area contributed by atoms with Gasteiger partial charge in [-0.1, -0.05) is 55.5 Å². The van der Waals surface area contributed by atoms with Gasteiger partial charge in [-0.15, -0.1) is 0 Å². The van der Waals surface area contributed by atoms with Crippen LogP contribution in [-0.4, -0.2) is 64.1 Å². The van der Waals surface area contributed by atoms with Crippen LogP contribution in [0.4, 0.5) is 5.69 Å². The van der Waals surface area contributed by atoms with Gasteiger partial charge in [-0.05, 0) is 75.5 Å². The summed E-state index contributed by atoms with van der Waals surface area (Å²) >= 11 is 0. The number of esters is 1. The van der Waals surface area contributed by atoms with Crippen LogP contribution in [0.5, 0.6) is 11.5 Å². The average molecular weight is 649 g/mol. The van der Waals surface area contributed by atoms with Crippen LogP contribution < -0.4 is 10.6 Å². The van der Waals surface area contributed by atoms with Crippen LogP contribution in [0.1, 0.15) is 77.2 Å². The number of aromatic hydroxyl groups is 2. The number of amides is 2. The molecule has 0 radical (unpaired) electrons. The SMILES string of the molecule is CO[C@H]1\C=C/C=C\C=C/C[C@H](OC(=O)C2(NC(=O)C3=CCCCC3)CC2)[C@H](C)[C@@H](O)/C(C)=C\CCc2cc(O)cc(c2O)NC(=O)C1. The highest BCUT2D eigenvalue weighted by Gasteiger charge is 2.54. The summed E-state index contributed by atoms with van der Waals surface area (Å²) in [7, 11) is 1.49. The zero-order valence-corrected chi connectivity index (χ0v) is 27.5. The summed E-state index contributed by atoms with van der Waals surface area (Å²) in [4.78, 5) is 39.1. The first-order chi connectivity index (χ1) is 22.5. The maximum Gasteiger partial charge on any atom is 0.332 e. The van der Waals surface area contributed by atoms with Crippen LogP contribution in [-0.2, 0) is 30.3 Å². The van der Waals surface area contributed by atoms with Crippen LogP contribution in [0.15, 0.2) is 71.9 Å². The van der Waals surface area contributed by atoms with E-state index < -0.39 is 41.6 Å². The third-order valence-electron chi connectivity index (χ3n) is 9.07. The Morgan fingerprint density at radius 2 is 1.79 bits per heavy atom. The van der Waals surface area contributed by atoms with Crippen LogP contribution in [0.2, 0.25) is 0 Å². The second kappa shape index (κ2) is 16.6. The number of aliphatic hydroxyl groups excluding tert-OH is 1. The number of fused-ring (bicyclic) bond motifs is 2. The zero-order valence-electron chi connectivity index (χ0n) is 27.5. The Morgan fingerprint density at radius 3 is 2.49 bits per heavy atom. The number of methoxy groups -OCH3 is 1. The van der Waals surface area contributed by atoms with Crippen molar-refractivity contribution in [3.8, 4) is 11.5 Å². The third kappa shape index (κ3) is 9.92. The van der Waals surface area contributed by atoms with E-state index in [1.807, 2.05) is 31.2 Å². The minimum Gasteiger partial charge on any atom is -0.508 e. The molecule has 2 aliphatic carbocycles. The normalized spacial score (nSPS) is 28.6. The van der Waals surface area contributed by atoms with E-state index >= 15 is 0 Å². The molecular weight excluding hydrogens is 600 g/mol. The molecule has 2 bridgehead atoms. The number of rotatable bonds is 5. The van der Waals surface area contributed by atoms with Gasteiger partial charge < -0.3 is 35.4 Å². The highest BCUT2D eigenvalue weighted by atomic mass is 16.5. The second-order valence-electron chi connectivity index (χ2n) is 12.7. The fourth-order valence-electron chi connectivity index (χ4n) is 5.85. The Labute approximate surface area is 276 Å². The monoisotopic (exact) mass is 648 g/mol. The van der Waals surface area contributed by atoms with Gasteiger partial charge in [0.05, 0.1) is 24.3 Å². The van der Waals surface area contributed by atoms with Crippen molar-refractivity contribution in [2.24, 2.45) is 5.92 Å². The minimum absolute atomic E-state index is 0.00852. The Morgan fingerprint density at radius 1 is 1.02 bits per heavy atom. The Hall–Kier alpha value is -4.15. The third-order valence-corrected chi connectivity index (χ3v) is 9.07. The van der Waals surface area contributed by atoms with E-state index in [0.29, 0.717) is 49.7 Å². The van der Waals surface area contributed by atoms with Crippen molar-refractivity contribution in [2.75, 3.05) is 12.4 Å². The first-order valence-corrected chi connectivity index (χ1v) is 16.5. The topological polar surface area (TPSA) is 154 Å². The van der Waals surface area contributed by atoms with E-state index in [9.17, 15) is 29.7 Å². The van der Waals surface area contributed by atoms with Gasteiger partial charge in [0, 0.05) is 31.1 Å². The van der Waals surface area contributed by atoms with Crippen molar-refractivity contribution < 1.29 is 39.2 Å². The summed E-state index contributed by atoms with van der Waals surface area (Å²) in [5, 5.41) is 38.1. The lowest BCUT2D eigenvalue weighted by Gasteiger charge is -2.30. The molecule has 0 saturated heterocycles. The van der Waals surface area contributed by atoms with Gasteiger partial charge in [-0.2, -0.15) is 0 Å². The van der Waals surface area contributed by atoms with E-state index in [1.54, 1.807) is 31.2 Å². The molecule has 254 valence electrons. The summed E-state index contributed by atoms with van der Waals surface area (Å²) in [5.41, 5.74) is 0.868. The number of phenols is 2. The number of carbonyl (C=O) groups is 3. The molecule has 10 nitrogen and oxygen atoms in total. The number of hydrogen-bond acceptors (Lipinski definition) is 8. The average Bonchev–Trinajstić information content (AvgIpc) is 3.84. The minimum atomic E-state index is -1.04. The number of benzene rings is 1. The molecule has 1 fully saturated rings. The lowest BCUT2D eigenvalue weighted by molar-refractivity contribution is -0.158. The molecule has 1 saturated carbocycles. The molecule has 3 aliphatic rings. The van der Waals surface area contributed by atoms with E-state index in [4.69, 9.17) is 9.47 Å². The molecule has 1 heterocycles. The van der Waals surface area contributed by atoms with Gasteiger partial charge >= 0.3 is 5.97 Å². The molecule has 47 heavy (non-hydrogen) atoms. The van der Waals surface area contributed by atoms with E-state index in [2.05, 4.69) is 10.6 Å². The van der Waals surface area contributed by atoms with Crippen LogP contribution in [0.3, 0.4) is 0 Å². The first-order valence-electron chi connectivity index (χ1n) is 16.5. The van der Waals surface area contributed by atoms with E-state index in [-0.39, 0.29) is 29.5 Å². The van der Waals surface area contributed by atoms with Gasteiger partial charge in [-0.25, -0.2) is 4.79 Å². The smallest absolute Gasteiger partial charge is 0.332 e. The molecule has 1 aliphatic heterocycles. The van der Waals surface area contributed by atoms with Gasteiger partial charge in [0.2, 0.25) is 11.8 Å². The highest BCUT2D eigenvalue weighted by Crippen LogP contribution is 2.39.